The summed E-state index contributed by atoms with van der Waals surface area (Å²) in [4.78, 5) is 32.1. The minimum absolute atomic E-state index is 0.0436. The Morgan fingerprint density at radius 3 is 2.71 bits per heavy atom. The van der Waals surface area contributed by atoms with E-state index in [2.05, 4.69) is 43.9 Å². The van der Waals surface area contributed by atoms with E-state index in [1.54, 1.807) is 23.2 Å². The summed E-state index contributed by atoms with van der Waals surface area (Å²) < 4.78 is 13.9. The van der Waals surface area contributed by atoms with Crippen molar-refractivity contribution in [1.82, 2.24) is 14.6 Å². The molecule has 35 heavy (non-hydrogen) atoms. The van der Waals surface area contributed by atoms with Crippen LogP contribution in [-0.4, -0.2) is 59.6 Å². The molecule has 1 amide bonds. The molecule has 4 rings (SSSR count). The molecule has 2 aromatic carbocycles. The molecule has 184 valence electrons. The van der Waals surface area contributed by atoms with Crippen LogP contribution in [0.5, 0.6) is 5.75 Å². The van der Waals surface area contributed by atoms with E-state index in [1.807, 2.05) is 31.2 Å². The van der Waals surface area contributed by atoms with Crippen LogP contribution in [0, 0.1) is 0 Å². The van der Waals surface area contributed by atoms with Crippen LogP contribution in [0.1, 0.15) is 37.6 Å². The molecule has 1 aliphatic rings. The highest BCUT2D eigenvalue weighted by Crippen LogP contribution is 2.26. The zero-order valence-corrected chi connectivity index (χ0v) is 22.7. The van der Waals surface area contributed by atoms with Gasteiger partial charge in [-0.25, -0.2) is 4.98 Å². The van der Waals surface area contributed by atoms with Crippen LogP contribution in [0.25, 0.3) is 10.9 Å². The van der Waals surface area contributed by atoms with Gasteiger partial charge in [-0.1, -0.05) is 29.8 Å². The van der Waals surface area contributed by atoms with Gasteiger partial charge in [-0.3, -0.25) is 9.59 Å². The summed E-state index contributed by atoms with van der Waals surface area (Å²) in [7, 11) is 0. The Labute approximate surface area is 220 Å². The maximum Gasteiger partial charge on any atom is 0.282 e. The van der Waals surface area contributed by atoms with Gasteiger partial charge in [0, 0.05) is 23.5 Å². The van der Waals surface area contributed by atoms with Gasteiger partial charge in [0.05, 0.1) is 34.8 Å². The number of amides is 1. The maximum atomic E-state index is 13.3. The molecule has 1 aliphatic heterocycles. The first-order chi connectivity index (χ1) is 16.9. The van der Waals surface area contributed by atoms with Gasteiger partial charge in [0.1, 0.15) is 11.6 Å². The van der Waals surface area contributed by atoms with Crippen molar-refractivity contribution in [1.29, 1.82) is 0 Å². The normalized spacial score (nSPS) is 15.0. The molecule has 0 unspecified atom stereocenters. The molecular weight excluding hydrogens is 580 g/mol. The van der Waals surface area contributed by atoms with Crippen LogP contribution in [-0.2, 0) is 9.53 Å². The van der Waals surface area contributed by atoms with Gasteiger partial charge < -0.3 is 14.4 Å². The van der Waals surface area contributed by atoms with Gasteiger partial charge in [-0.05, 0) is 64.3 Å². The fraction of sp³-hybridized carbons (Fsp3) is 0.360. The summed E-state index contributed by atoms with van der Waals surface area (Å²) in [6.45, 7) is 6.30. The minimum atomic E-state index is -0.219. The van der Waals surface area contributed by atoms with Crippen molar-refractivity contribution in [3.8, 4) is 5.75 Å². The monoisotopic (exact) mass is 604 g/mol. The van der Waals surface area contributed by atoms with Crippen LogP contribution < -0.4 is 10.3 Å². The number of hydrogen-bond acceptors (Lipinski definition) is 6. The molecule has 0 saturated carbocycles. The number of morpholine rings is 1. The number of carbonyl (C=O) groups is 1. The average Bonchev–Trinajstić information content (AvgIpc) is 2.87. The summed E-state index contributed by atoms with van der Waals surface area (Å²) in [5.74, 6) is 1.15. The van der Waals surface area contributed by atoms with Gasteiger partial charge in [-0.2, -0.15) is 9.78 Å². The van der Waals surface area contributed by atoms with E-state index in [0.717, 1.165) is 16.5 Å². The third kappa shape index (κ3) is 5.99. The molecule has 0 aliphatic carbocycles. The summed E-state index contributed by atoms with van der Waals surface area (Å²) >= 11 is 6.93. The number of benzene rings is 2. The Morgan fingerprint density at radius 1 is 1.23 bits per heavy atom. The first kappa shape index (κ1) is 25.5. The fourth-order valence-corrected chi connectivity index (χ4v) is 4.53. The zero-order valence-electron chi connectivity index (χ0n) is 19.5. The van der Waals surface area contributed by atoms with E-state index in [1.165, 1.54) is 4.68 Å². The number of carbonyl (C=O) groups excluding carboxylic acids is 1. The Hall–Kier alpha value is -2.56. The Bertz CT molecular complexity index is 1320. The molecular formula is C25H26Br2N4O4. The van der Waals surface area contributed by atoms with Gasteiger partial charge in [0.15, 0.2) is 6.61 Å². The van der Waals surface area contributed by atoms with E-state index in [4.69, 9.17) is 14.5 Å². The number of fused-ring (bicyclic) bond motifs is 1. The van der Waals surface area contributed by atoms with Crippen molar-refractivity contribution >= 4 is 54.9 Å². The second kappa shape index (κ2) is 11.5. The number of aromatic nitrogens is 2. The molecule has 1 saturated heterocycles. The Kier molecular flexibility index (Phi) is 8.35. The van der Waals surface area contributed by atoms with E-state index >= 15 is 0 Å². The fourth-order valence-electron chi connectivity index (χ4n) is 3.66. The molecule has 10 heteroatoms. The highest BCUT2D eigenvalue weighted by Gasteiger charge is 2.18. The van der Waals surface area contributed by atoms with Crippen LogP contribution in [0.2, 0.25) is 0 Å². The smallest absolute Gasteiger partial charge is 0.282 e. The topological polar surface area (TPSA) is 86.0 Å². The first-order valence-electron chi connectivity index (χ1n) is 11.4. The van der Waals surface area contributed by atoms with Crippen LogP contribution in [0.3, 0.4) is 0 Å². The first-order valence-corrected chi connectivity index (χ1v) is 13.0. The summed E-state index contributed by atoms with van der Waals surface area (Å²) in [6, 6.07) is 10.9. The van der Waals surface area contributed by atoms with Crippen molar-refractivity contribution in [3.63, 3.8) is 0 Å². The molecule has 0 N–H and O–H groups in total. The predicted molar refractivity (Wildman–Crippen MR) is 142 cm³/mol. The number of nitrogens with zero attached hydrogens (tertiary/aromatic N) is 4. The van der Waals surface area contributed by atoms with E-state index in [9.17, 15) is 9.59 Å². The Balaban J connectivity index is 1.56. The molecule has 1 atom stereocenters. The summed E-state index contributed by atoms with van der Waals surface area (Å²) in [6.07, 6.45) is 2.44. The largest absolute Gasteiger partial charge is 0.483 e. The molecule has 8 nitrogen and oxygen atoms in total. The van der Waals surface area contributed by atoms with Crippen molar-refractivity contribution in [3.05, 3.63) is 67.1 Å². The van der Waals surface area contributed by atoms with Crippen molar-refractivity contribution < 1.29 is 14.3 Å². The van der Waals surface area contributed by atoms with Crippen molar-refractivity contribution in [2.45, 2.75) is 26.2 Å². The van der Waals surface area contributed by atoms with Crippen molar-refractivity contribution in [2.24, 2.45) is 5.10 Å². The third-order valence-electron chi connectivity index (χ3n) is 5.88. The SMILES string of the molecule is CC[C@H](C)c1nc2ccc(Br)cc2c(=O)n1N=Cc1ccc(OCC(=O)N2CCOCC2)c(Br)c1. The quantitative estimate of drug-likeness (QED) is 0.369. The van der Waals surface area contributed by atoms with Gasteiger partial charge in [0.25, 0.3) is 11.5 Å². The highest BCUT2D eigenvalue weighted by molar-refractivity contribution is 9.10. The standard InChI is InChI=1S/C25H26Br2N4O4/c1-3-16(2)24-29-21-6-5-18(26)13-19(21)25(33)31(24)28-14-17-4-7-22(20(27)12-17)35-15-23(32)30-8-10-34-11-9-30/h4-7,12-14,16H,3,8-11,15H2,1-2H3/t16-/m0/s1. The third-order valence-corrected chi connectivity index (χ3v) is 6.99. The molecule has 0 radical (unpaired) electrons. The predicted octanol–water partition coefficient (Wildman–Crippen LogP) is 4.55. The lowest BCUT2D eigenvalue weighted by molar-refractivity contribution is -0.137. The number of ether oxygens (including phenoxy) is 2. The molecule has 3 aromatic rings. The second-order valence-corrected chi connectivity index (χ2v) is 10.0. The lowest BCUT2D eigenvalue weighted by Gasteiger charge is -2.26. The zero-order chi connectivity index (χ0) is 24.9. The molecule has 1 aromatic heterocycles. The molecule has 0 bridgehead atoms. The lowest BCUT2D eigenvalue weighted by Crippen LogP contribution is -2.43. The molecule has 2 heterocycles. The van der Waals surface area contributed by atoms with Crippen LogP contribution >= 0.6 is 31.9 Å². The maximum absolute atomic E-state index is 13.3. The van der Waals surface area contributed by atoms with E-state index < -0.39 is 0 Å². The number of halogens is 2. The number of rotatable bonds is 7. The van der Waals surface area contributed by atoms with Crippen molar-refractivity contribution in [2.75, 3.05) is 32.9 Å². The van der Waals surface area contributed by atoms with Gasteiger partial charge in [0.2, 0.25) is 0 Å². The van der Waals surface area contributed by atoms with E-state index in [0.29, 0.717) is 53.3 Å². The number of hydrogen-bond donors (Lipinski definition) is 0. The van der Waals surface area contributed by atoms with E-state index in [-0.39, 0.29) is 24.0 Å². The van der Waals surface area contributed by atoms with Crippen LogP contribution in [0.15, 0.2) is 55.2 Å². The highest BCUT2D eigenvalue weighted by atomic mass is 79.9. The summed E-state index contributed by atoms with van der Waals surface area (Å²) in [5.41, 5.74) is 1.19. The summed E-state index contributed by atoms with van der Waals surface area (Å²) in [5, 5.41) is 5.00. The Morgan fingerprint density at radius 2 is 2.00 bits per heavy atom. The molecule has 1 fully saturated rings. The minimum Gasteiger partial charge on any atom is -0.483 e. The lowest BCUT2D eigenvalue weighted by atomic mass is 10.1. The second-order valence-electron chi connectivity index (χ2n) is 8.27. The van der Waals surface area contributed by atoms with Crippen LogP contribution in [0.4, 0.5) is 0 Å². The van der Waals surface area contributed by atoms with Gasteiger partial charge in [-0.15, -0.1) is 0 Å². The average molecular weight is 606 g/mol. The van der Waals surface area contributed by atoms with Gasteiger partial charge >= 0.3 is 0 Å². The molecule has 0 spiro atoms.